The van der Waals surface area contributed by atoms with E-state index in [2.05, 4.69) is 44.9 Å². The molecule has 2 fully saturated rings. The second-order valence-electron chi connectivity index (χ2n) is 9.71. The second kappa shape index (κ2) is 9.73. The highest BCUT2D eigenvalue weighted by atomic mass is 16.5. The molecule has 3 heterocycles. The van der Waals surface area contributed by atoms with Gasteiger partial charge < -0.3 is 9.47 Å². The molecule has 2 saturated carbocycles. The van der Waals surface area contributed by atoms with Gasteiger partial charge in [-0.3, -0.25) is 0 Å². The van der Waals surface area contributed by atoms with Crippen LogP contribution in [0, 0.1) is 0 Å². The smallest absolute Gasteiger partial charge is 0.210 e. The minimum absolute atomic E-state index is 0.211. The summed E-state index contributed by atoms with van der Waals surface area (Å²) in [5, 5.41) is 19.2. The van der Waals surface area contributed by atoms with Crippen LogP contribution in [0.5, 0.6) is 5.75 Å². The van der Waals surface area contributed by atoms with Gasteiger partial charge in [0, 0.05) is 31.2 Å². The van der Waals surface area contributed by atoms with Crippen molar-refractivity contribution in [3.63, 3.8) is 0 Å². The summed E-state index contributed by atoms with van der Waals surface area (Å²) in [7, 11) is 1.79. The van der Waals surface area contributed by atoms with Crippen molar-refractivity contribution in [2.45, 2.75) is 75.9 Å². The molecule has 2 atom stereocenters. The molecule has 1 aromatic carbocycles. The standard InChI is InChI=1S/C26H31N7O2/c1-34-20-8-5-9-21(14-20)35-19-12-10-17(11-13-19)22-15-27-26-23(25-29-31-32-30-25)16-28-33(26)24(22)18-6-3-2-4-7-18/h10-13,15-16,18,20-21H,2-9,14H2,1H3,(H,29,30,31,32)/t20?,21-/m1/s1. The largest absolute Gasteiger partial charge is 0.490 e. The number of methoxy groups -OCH3 is 1. The van der Waals surface area contributed by atoms with Gasteiger partial charge in [0.05, 0.1) is 23.6 Å². The van der Waals surface area contributed by atoms with Crippen LogP contribution >= 0.6 is 0 Å². The van der Waals surface area contributed by atoms with Crippen molar-refractivity contribution in [3.05, 3.63) is 42.4 Å². The Labute approximate surface area is 204 Å². The van der Waals surface area contributed by atoms with Gasteiger partial charge >= 0.3 is 0 Å². The van der Waals surface area contributed by atoms with Crippen molar-refractivity contribution in [3.8, 4) is 28.3 Å². The molecule has 2 aliphatic carbocycles. The first-order valence-electron chi connectivity index (χ1n) is 12.7. The van der Waals surface area contributed by atoms with E-state index in [1.807, 2.05) is 10.7 Å². The fraction of sp³-hybridized carbons (Fsp3) is 0.500. The third kappa shape index (κ3) is 4.40. The Bertz CT molecular complexity index is 1260. The normalized spacial score (nSPS) is 21.4. The van der Waals surface area contributed by atoms with E-state index in [-0.39, 0.29) is 6.10 Å². The molecule has 0 bridgehead atoms. The van der Waals surface area contributed by atoms with Gasteiger partial charge in [0.15, 0.2) is 5.65 Å². The summed E-state index contributed by atoms with van der Waals surface area (Å²) in [6, 6.07) is 8.44. The minimum atomic E-state index is 0.211. The zero-order chi connectivity index (χ0) is 23.6. The van der Waals surface area contributed by atoms with Gasteiger partial charge in [0.1, 0.15) is 11.9 Å². The number of hydrogen-bond donors (Lipinski definition) is 1. The number of fused-ring (bicyclic) bond motifs is 1. The quantitative estimate of drug-likeness (QED) is 0.422. The van der Waals surface area contributed by atoms with Crippen LogP contribution in [0.25, 0.3) is 28.2 Å². The van der Waals surface area contributed by atoms with Crippen LogP contribution in [-0.4, -0.2) is 54.5 Å². The molecule has 182 valence electrons. The average Bonchev–Trinajstić information content (AvgIpc) is 3.59. The number of rotatable bonds is 6. The Hall–Kier alpha value is -3.33. The second-order valence-corrected chi connectivity index (χ2v) is 9.71. The number of nitrogens with one attached hydrogen (secondary N) is 1. The Balaban J connectivity index is 1.34. The van der Waals surface area contributed by atoms with Crippen LogP contribution in [0.1, 0.15) is 69.4 Å². The number of aromatic amines is 1. The maximum Gasteiger partial charge on any atom is 0.210 e. The summed E-state index contributed by atoms with van der Waals surface area (Å²) in [5.41, 5.74) is 5.01. The van der Waals surface area contributed by atoms with Gasteiger partial charge in [0.25, 0.3) is 0 Å². The molecule has 35 heavy (non-hydrogen) atoms. The molecular formula is C26H31N7O2. The summed E-state index contributed by atoms with van der Waals surface area (Å²) in [4.78, 5) is 4.80. The van der Waals surface area contributed by atoms with Crippen LogP contribution in [-0.2, 0) is 4.74 Å². The number of nitrogens with zero attached hydrogens (tertiary/aromatic N) is 6. The van der Waals surface area contributed by atoms with Crippen molar-refractivity contribution in [2.75, 3.05) is 7.11 Å². The molecule has 6 rings (SSSR count). The van der Waals surface area contributed by atoms with Gasteiger partial charge in [-0.1, -0.05) is 31.4 Å². The van der Waals surface area contributed by atoms with Crippen LogP contribution < -0.4 is 4.74 Å². The van der Waals surface area contributed by atoms with Gasteiger partial charge in [-0.15, -0.1) is 10.2 Å². The zero-order valence-electron chi connectivity index (χ0n) is 20.1. The molecule has 4 aromatic rings. The first-order chi connectivity index (χ1) is 17.3. The van der Waals surface area contributed by atoms with Gasteiger partial charge in [-0.2, -0.15) is 10.3 Å². The monoisotopic (exact) mass is 473 g/mol. The van der Waals surface area contributed by atoms with E-state index in [9.17, 15) is 0 Å². The van der Waals surface area contributed by atoms with Crippen molar-refractivity contribution in [1.82, 2.24) is 35.2 Å². The SMILES string of the molecule is COC1CCC[C@@H](Oc2ccc(-c3cnc4c(-c5nn[nH]n5)cnn4c3C3CCCCC3)cc2)C1. The van der Waals surface area contributed by atoms with Crippen LogP contribution in [0.15, 0.2) is 36.7 Å². The van der Waals surface area contributed by atoms with Crippen LogP contribution in [0.3, 0.4) is 0 Å². The van der Waals surface area contributed by atoms with Crippen molar-refractivity contribution in [2.24, 2.45) is 0 Å². The Morgan fingerprint density at radius 3 is 2.51 bits per heavy atom. The lowest BCUT2D eigenvalue weighted by molar-refractivity contribution is 0.0210. The van der Waals surface area contributed by atoms with Crippen molar-refractivity contribution < 1.29 is 9.47 Å². The van der Waals surface area contributed by atoms with Gasteiger partial charge in [-0.05, 0) is 55.0 Å². The van der Waals surface area contributed by atoms with E-state index >= 15 is 0 Å². The minimum Gasteiger partial charge on any atom is -0.490 e. The van der Waals surface area contributed by atoms with Crippen LogP contribution in [0.2, 0.25) is 0 Å². The first kappa shape index (κ1) is 22.2. The lowest BCUT2D eigenvalue weighted by Gasteiger charge is -2.28. The fourth-order valence-electron chi connectivity index (χ4n) is 5.70. The maximum absolute atomic E-state index is 6.30. The lowest BCUT2D eigenvalue weighted by Crippen LogP contribution is -2.29. The fourth-order valence-corrected chi connectivity index (χ4v) is 5.70. The number of benzene rings is 1. The maximum atomic E-state index is 6.30. The molecule has 2 aliphatic rings. The predicted molar refractivity (Wildman–Crippen MR) is 131 cm³/mol. The summed E-state index contributed by atoms with van der Waals surface area (Å²) in [6.07, 6.45) is 14.7. The predicted octanol–water partition coefficient (Wildman–Crippen LogP) is 4.96. The Morgan fingerprint density at radius 1 is 0.914 bits per heavy atom. The van der Waals surface area contributed by atoms with Gasteiger partial charge in [-0.25, -0.2) is 9.50 Å². The van der Waals surface area contributed by atoms with Crippen molar-refractivity contribution in [1.29, 1.82) is 0 Å². The van der Waals surface area contributed by atoms with E-state index in [0.29, 0.717) is 17.8 Å². The molecule has 0 aliphatic heterocycles. The van der Waals surface area contributed by atoms with E-state index in [1.165, 1.54) is 25.0 Å². The summed E-state index contributed by atoms with van der Waals surface area (Å²) >= 11 is 0. The summed E-state index contributed by atoms with van der Waals surface area (Å²) in [6.45, 7) is 0. The Morgan fingerprint density at radius 2 is 1.74 bits per heavy atom. The summed E-state index contributed by atoms with van der Waals surface area (Å²) in [5.74, 6) is 1.85. The summed E-state index contributed by atoms with van der Waals surface area (Å²) < 4.78 is 13.9. The highest BCUT2D eigenvalue weighted by molar-refractivity contribution is 5.75. The third-order valence-electron chi connectivity index (χ3n) is 7.52. The molecule has 9 heteroatoms. The first-order valence-corrected chi connectivity index (χ1v) is 12.7. The van der Waals surface area contributed by atoms with E-state index in [0.717, 1.165) is 66.6 Å². The number of H-pyrrole nitrogens is 1. The number of aromatic nitrogens is 7. The average molecular weight is 474 g/mol. The molecule has 1 unspecified atom stereocenters. The highest BCUT2D eigenvalue weighted by Crippen LogP contribution is 2.39. The lowest BCUT2D eigenvalue weighted by atomic mass is 9.84. The molecule has 0 amide bonds. The molecule has 1 N–H and O–H groups in total. The van der Waals surface area contributed by atoms with E-state index in [1.54, 1.807) is 13.3 Å². The van der Waals surface area contributed by atoms with E-state index < -0.39 is 0 Å². The highest BCUT2D eigenvalue weighted by Gasteiger charge is 2.26. The molecular weight excluding hydrogens is 442 g/mol. The number of tetrazole rings is 1. The van der Waals surface area contributed by atoms with E-state index in [4.69, 9.17) is 19.6 Å². The topological polar surface area (TPSA) is 103 Å². The number of hydrogen-bond acceptors (Lipinski definition) is 7. The molecule has 9 nitrogen and oxygen atoms in total. The number of ether oxygens (including phenoxy) is 2. The van der Waals surface area contributed by atoms with Crippen molar-refractivity contribution >= 4 is 5.65 Å². The Kier molecular flexibility index (Phi) is 6.16. The molecule has 0 radical (unpaired) electrons. The molecule has 0 spiro atoms. The third-order valence-corrected chi connectivity index (χ3v) is 7.52. The van der Waals surface area contributed by atoms with Gasteiger partial charge in [0.2, 0.25) is 5.82 Å². The molecule has 3 aromatic heterocycles. The zero-order valence-corrected chi connectivity index (χ0v) is 20.1. The van der Waals surface area contributed by atoms with Crippen LogP contribution in [0.4, 0.5) is 0 Å². The molecule has 0 saturated heterocycles.